The number of carbonyl (C=O) groups excluding carboxylic acids is 1. The Balaban J connectivity index is 1.38. The first-order chi connectivity index (χ1) is 12.1. The molecular formula is C17H20N4O3S. The lowest BCUT2D eigenvalue weighted by atomic mass is 10.2. The van der Waals surface area contributed by atoms with Gasteiger partial charge in [0.1, 0.15) is 5.76 Å². The van der Waals surface area contributed by atoms with E-state index in [-0.39, 0.29) is 17.5 Å². The van der Waals surface area contributed by atoms with Crippen molar-refractivity contribution in [1.29, 1.82) is 0 Å². The van der Waals surface area contributed by atoms with E-state index >= 15 is 0 Å². The molecule has 0 saturated heterocycles. The van der Waals surface area contributed by atoms with Crippen molar-refractivity contribution in [1.82, 2.24) is 20.0 Å². The Morgan fingerprint density at radius 1 is 1.48 bits per heavy atom. The van der Waals surface area contributed by atoms with Crippen LogP contribution in [0.25, 0.3) is 0 Å². The van der Waals surface area contributed by atoms with Gasteiger partial charge in [0.15, 0.2) is 5.16 Å². The number of amides is 1. The van der Waals surface area contributed by atoms with Gasteiger partial charge in [-0.1, -0.05) is 16.9 Å². The van der Waals surface area contributed by atoms with Gasteiger partial charge in [0.2, 0.25) is 5.91 Å². The van der Waals surface area contributed by atoms with Gasteiger partial charge >= 0.3 is 0 Å². The summed E-state index contributed by atoms with van der Waals surface area (Å²) in [4.78, 5) is 29.6. The zero-order valence-electron chi connectivity index (χ0n) is 14.1. The molecule has 1 unspecified atom stereocenters. The fourth-order valence-corrected chi connectivity index (χ4v) is 4.60. The average molecular weight is 360 g/mol. The van der Waals surface area contributed by atoms with Crippen LogP contribution >= 0.6 is 11.8 Å². The van der Waals surface area contributed by atoms with Gasteiger partial charge in [-0.15, -0.1) is 0 Å². The number of thioether (sulfide) groups is 1. The molecule has 0 saturated carbocycles. The lowest BCUT2D eigenvalue weighted by Gasteiger charge is -2.14. The van der Waals surface area contributed by atoms with Crippen LogP contribution in [0.5, 0.6) is 0 Å². The molecule has 0 bridgehead atoms. The molecule has 25 heavy (non-hydrogen) atoms. The van der Waals surface area contributed by atoms with Crippen LogP contribution in [0.2, 0.25) is 0 Å². The Morgan fingerprint density at radius 2 is 2.36 bits per heavy atom. The minimum Gasteiger partial charge on any atom is -0.361 e. The third kappa shape index (κ3) is 3.22. The summed E-state index contributed by atoms with van der Waals surface area (Å²) in [5.41, 5.74) is 2.69. The Hall–Kier alpha value is -2.09. The molecule has 0 spiro atoms. The molecule has 1 atom stereocenters. The number of fused-ring (bicyclic) bond motifs is 2. The molecule has 132 valence electrons. The Morgan fingerprint density at radius 3 is 3.16 bits per heavy atom. The number of nitrogens with one attached hydrogen (secondary N) is 1. The number of carbonyl (C=O) groups is 1. The summed E-state index contributed by atoms with van der Waals surface area (Å²) in [5.74, 6) is 1.43. The van der Waals surface area contributed by atoms with Gasteiger partial charge in [0, 0.05) is 36.8 Å². The largest absolute Gasteiger partial charge is 0.361 e. The normalized spacial score (nSPS) is 18.2. The van der Waals surface area contributed by atoms with E-state index in [0.29, 0.717) is 19.4 Å². The van der Waals surface area contributed by atoms with E-state index in [2.05, 4.69) is 15.5 Å². The number of hydrogen-bond acceptors (Lipinski definition) is 6. The summed E-state index contributed by atoms with van der Waals surface area (Å²) in [5, 5.41) is 7.49. The number of aryl methyl sites for hydroxylation is 2. The summed E-state index contributed by atoms with van der Waals surface area (Å²) in [6.07, 6.45) is 3.61. The van der Waals surface area contributed by atoms with Gasteiger partial charge < -0.3 is 9.84 Å². The van der Waals surface area contributed by atoms with Gasteiger partial charge in [-0.2, -0.15) is 0 Å². The molecule has 4 rings (SSSR count). The van der Waals surface area contributed by atoms with Crippen molar-refractivity contribution in [3.63, 3.8) is 0 Å². The first-order valence-electron chi connectivity index (χ1n) is 8.58. The topological polar surface area (TPSA) is 90.0 Å². The molecule has 1 aliphatic heterocycles. The molecule has 2 aromatic rings. The fourth-order valence-electron chi connectivity index (χ4n) is 3.45. The van der Waals surface area contributed by atoms with E-state index in [1.54, 1.807) is 16.3 Å². The van der Waals surface area contributed by atoms with Crippen LogP contribution in [-0.4, -0.2) is 32.9 Å². The first-order valence-corrected chi connectivity index (χ1v) is 9.56. The number of nitrogens with zero attached hydrogens (tertiary/aromatic N) is 3. The van der Waals surface area contributed by atoms with E-state index in [9.17, 15) is 9.59 Å². The molecule has 1 N–H and O–H groups in total. The van der Waals surface area contributed by atoms with Gasteiger partial charge in [-0.05, 0) is 26.2 Å². The second kappa shape index (κ2) is 6.67. The zero-order chi connectivity index (χ0) is 17.4. The number of aromatic nitrogens is 3. The van der Waals surface area contributed by atoms with Crippen molar-refractivity contribution in [3.8, 4) is 0 Å². The van der Waals surface area contributed by atoms with Crippen LogP contribution in [0.4, 0.5) is 0 Å². The van der Waals surface area contributed by atoms with Crippen molar-refractivity contribution in [2.24, 2.45) is 0 Å². The molecule has 1 amide bonds. The Labute approximate surface area is 149 Å². The van der Waals surface area contributed by atoms with Gasteiger partial charge in [-0.3, -0.25) is 14.2 Å². The molecule has 0 aromatic carbocycles. The molecular weight excluding hydrogens is 340 g/mol. The molecule has 8 heteroatoms. The van der Waals surface area contributed by atoms with Crippen LogP contribution in [0.1, 0.15) is 41.6 Å². The summed E-state index contributed by atoms with van der Waals surface area (Å²) in [6.45, 7) is 2.36. The van der Waals surface area contributed by atoms with Gasteiger partial charge in [0.25, 0.3) is 5.56 Å². The second-order valence-corrected chi connectivity index (χ2v) is 7.54. The quantitative estimate of drug-likeness (QED) is 0.811. The summed E-state index contributed by atoms with van der Waals surface area (Å²) < 4.78 is 6.86. The van der Waals surface area contributed by atoms with Gasteiger partial charge in [0.05, 0.1) is 17.4 Å². The van der Waals surface area contributed by atoms with Crippen molar-refractivity contribution in [2.45, 2.75) is 50.2 Å². The summed E-state index contributed by atoms with van der Waals surface area (Å²) >= 11 is 1.57. The summed E-state index contributed by atoms with van der Waals surface area (Å²) in [7, 11) is 0. The molecule has 0 fully saturated rings. The van der Waals surface area contributed by atoms with Gasteiger partial charge in [-0.25, -0.2) is 4.98 Å². The highest BCUT2D eigenvalue weighted by Crippen LogP contribution is 2.33. The lowest BCUT2D eigenvalue weighted by Crippen LogP contribution is -2.32. The SMILES string of the molecule is Cc1cc(CCNC(=O)CC2CSc3nc4c(c(=O)n32)CCC4)on1. The monoisotopic (exact) mass is 360 g/mol. The number of rotatable bonds is 5. The highest BCUT2D eigenvalue weighted by molar-refractivity contribution is 7.99. The smallest absolute Gasteiger partial charge is 0.257 e. The van der Waals surface area contributed by atoms with E-state index < -0.39 is 0 Å². The maximum atomic E-state index is 12.7. The molecule has 2 aliphatic rings. The molecule has 3 heterocycles. The van der Waals surface area contributed by atoms with E-state index in [1.807, 2.05) is 13.0 Å². The van der Waals surface area contributed by atoms with Crippen molar-refractivity contribution in [2.75, 3.05) is 12.3 Å². The molecule has 1 aliphatic carbocycles. The molecule has 7 nitrogen and oxygen atoms in total. The van der Waals surface area contributed by atoms with Crippen LogP contribution in [0, 0.1) is 6.92 Å². The van der Waals surface area contributed by atoms with E-state index in [1.165, 1.54) is 0 Å². The average Bonchev–Trinajstić information content (AvgIpc) is 3.29. The second-order valence-electron chi connectivity index (χ2n) is 6.55. The maximum Gasteiger partial charge on any atom is 0.257 e. The minimum absolute atomic E-state index is 0.0532. The van der Waals surface area contributed by atoms with Crippen molar-refractivity contribution in [3.05, 3.63) is 39.1 Å². The Kier molecular flexibility index (Phi) is 4.37. The van der Waals surface area contributed by atoms with Crippen LogP contribution in [0.15, 0.2) is 20.5 Å². The van der Waals surface area contributed by atoms with Crippen LogP contribution in [-0.2, 0) is 24.1 Å². The minimum atomic E-state index is -0.113. The van der Waals surface area contributed by atoms with Crippen LogP contribution in [0.3, 0.4) is 0 Å². The van der Waals surface area contributed by atoms with E-state index in [4.69, 9.17) is 4.52 Å². The number of hydrogen-bond donors (Lipinski definition) is 1. The highest BCUT2D eigenvalue weighted by atomic mass is 32.2. The van der Waals surface area contributed by atoms with E-state index in [0.717, 1.165) is 52.9 Å². The summed E-state index contributed by atoms with van der Waals surface area (Å²) in [6, 6.07) is 1.75. The standard InChI is InChI=1S/C17H20N4O3S/c1-10-7-12(24-20-10)5-6-18-15(22)8-11-9-25-17-19-14-4-2-3-13(14)16(23)21(11)17/h7,11H,2-6,8-9H2,1H3,(H,18,22). The lowest BCUT2D eigenvalue weighted by molar-refractivity contribution is -0.121. The third-order valence-electron chi connectivity index (χ3n) is 4.66. The first kappa shape index (κ1) is 16.4. The van der Waals surface area contributed by atoms with Crippen molar-refractivity contribution >= 4 is 17.7 Å². The van der Waals surface area contributed by atoms with Crippen molar-refractivity contribution < 1.29 is 9.32 Å². The maximum absolute atomic E-state index is 12.7. The molecule has 0 radical (unpaired) electrons. The zero-order valence-corrected chi connectivity index (χ0v) is 14.9. The predicted molar refractivity (Wildman–Crippen MR) is 92.9 cm³/mol. The predicted octanol–water partition coefficient (Wildman–Crippen LogP) is 1.42. The molecule has 2 aromatic heterocycles. The van der Waals surface area contributed by atoms with Crippen LogP contribution < -0.4 is 10.9 Å². The fraction of sp³-hybridized carbons (Fsp3) is 0.529. The highest BCUT2D eigenvalue weighted by Gasteiger charge is 2.30. The third-order valence-corrected chi connectivity index (χ3v) is 5.76. The Bertz CT molecular complexity index is 873.